The molecule has 0 aliphatic carbocycles. The van der Waals surface area contributed by atoms with Crippen LogP contribution in [-0.4, -0.2) is 24.8 Å². The Morgan fingerprint density at radius 1 is 1.28 bits per heavy atom. The number of hydrogen-bond donors (Lipinski definition) is 3. The van der Waals surface area contributed by atoms with E-state index in [9.17, 15) is 4.79 Å². The van der Waals surface area contributed by atoms with Gasteiger partial charge in [-0.15, -0.1) is 0 Å². The molecule has 1 amide bonds. The first-order valence-corrected chi connectivity index (χ1v) is 9.80. The lowest BCUT2D eigenvalue weighted by Crippen LogP contribution is -2.37. The van der Waals surface area contributed by atoms with E-state index >= 15 is 0 Å². The summed E-state index contributed by atoms with van der Waals surface area (Å²) in [5.41, 5.74) is 12.9. The summed E-state index contributed by atoms with van der Waals surface area (Å²) in [5, 5.41) is 3.08. The molecule has 1 aliphatic rings. The molecule has 0 bridgehead atoms. The van der Waals surface area contributed by atoms with Crippen molar-refractivity contribution in [3.05, 3.63) is 72.0 Å². The average molecular weight is 397 g/mol. The zero-order valence-electron chi connectivity index (χ0n) is 17.6. The Labute approximate surface area is 173 Å². The third kappa shape index (κ3) is 7.70. The highest BCUT2D eigenvalue weighted by Gasteiger charge is 2.20. The molecule has 0 unspecified atom stereocenters. The van der Waals surface area contributed by atoms with E-state index < -0.39 is 5.91 Å². The molecule has 156 valence electrons. The molecule has 0 saturated heterocycles. The van der Waals surface area contributed by atoms with Gasteiger partial charge in [-0.25, -0.2) is 0 Å². The van der Waals surface area contributed by atoms with E-state index in [2.05, 4.69) is 30.7 Å². The van der Waals surface area contributed by atoms with Gasteiger partial charge in [-0.05, 0) is 55.3 Å². The van der Waals surface area contributed by atoms with Gasteiger partial charge in [0.2, 0.25) is 0 Å². The highest BCUT2D eigenvalue weighted by molar-refractivity contribution is 6.25. The summed E-state index contributed by atoms with van der Waals surface area (Å²) < 4.78 is 5.77. The topological polar surface area (TPSA) is 103 Å². The smallest absolute Gasteiger partial charge is 0.254 e. The number of allylic oxidation sites excluding steroid dienone is 4. The summed E-state index contributed by atoms with van der Waals surface area (Å²) in [4.78, 5) is 16.2. The van der Waals surface area contributed by atoms with Crippen LogP contribution in [0.1, 0.15) is 39.2 Å². The number of hydrogen-bond acceptors (Lipinski definition) is 5. The number of rotatable bonds is 7. The summed E-state index contributed by atoms with van der Waals surface area (Å²) in [6.07, 6.45) is 9.29. The lowest BCUT2D eigenvalue weighted by atomic mass is 10.0. The van der Waals surface area contributed by atoms with Crippen molar-refractivity contribution in [3.63, 3.8) is 0 Å². The number of ether oxygens (including phenoxy) is 1. The molecule has 1 aromatic carbocycles. The van der Waals surface area contributed by atoms with Gasteiger partial charge in [-0.3, -0.25) is 9.79 Å². The Bertz CT molecular complexity index is 803. The van der Waals surface area contributed by atoms with E-state index in [4.69, 9.17) is 16.2 Å². The van der Waals surface area contributed by atoms with Crippen molar-refractivity contribution in [2.75, 3.05) is 13.1 Å². The molecular weight excluding hydrogens is 364 g/mol. The molecular formula is C23H32N4O2. The van der Waals surface area contributed by atoms with Gasteiger partial charge in [-0.1, -0.05) is 39.0 Å². The number of primary amides is 1. The zero-order chi connectivity index (χ0) is 21.6. The molecule has 1 aromatic rings. The van der Waals surface area contributed by atoms with Gasteiger partial charge in [0.15, 0.2) is 0 Å². The highest BCUT2D eigenvalue weighted by Crippen LogP contribution is 2.21. The Balaban J connectivity index is 0.00000132. The highest BCUT2D eigenvalue weighted by atomic mass is 16.5. The number of carbonyl (C=O) groups excluding carboxylic acids is 1. The number of benzene rings is 1. The fourth-order valence-electron chi connectivity index (χ4n) is 2.46. The zero-order valence-corrected chi connectivity index (χ0v) is 17.6. The normalized spacial score (nSPS) is 14.7. The Hall–Kier alpha value is -3.28. The van der Waals surface area contributed by atoms with Crippen LogP contribution in [0.5, 0.6) is 5.75 Å². The molecule has 0 fully saturated rings. The lowest BCUT2D eigenvalue weighted by molar-refractivity contribution is -0.114. The Kier molecular flexibility index (Phi) is 10.6. The molecule has 6 heteroatoms. The molecule has 0 aromatic heterocycles. The molecule has 6 nitrogen and oxygen atoms in total. The van der Waals surface area contributed by atoms with Crippen molar-refractivity contribution < 1.29 is 9.53 Å². The van der Waals surface area contributed by atoms with E-state index in [-0.39, 0.29) is 11.3 Å². The van der Waals surface area contributed by atoms with Crippen LogP contribution in [0.2, 0.25) is 0 Å². The van der Waals surface area contributed by atoms with Gasteiger partial charge < -0.3 is 21.5 Å². The van der Waals surface area contributed by atoms with Crippen molar-refractivity contribution in [1.82, 2.24) is 5.32 Å². The summed E-state index contributed by atoms with van der Waals surface area (Å²) >= 11 is 0. The second kappa shape index (κ2) is 13.0. The van der Waals surface area contributed by atoms with Crippen molar-refractivity contribution in [2.45, 2.75) is 33.6 Å². The van der Waals surface area contributed by atoms with Gasteiger partial charge in [0.1, 0.15) is 22.9 Å². The molecule has 1 aliphatic heterocycles. The van der Waals surface area contributed by atoms with Crippen LogP contribution in [0.3, 0.4) is 0 Å². The summed E-state index contributed by atoms with van der Waals surface area (Å²) in [5.74, 6) is 1.14. The number of amidine groups is 1. The quantitative estimate of drug-likeness (QED) is 0.372. The summed E-state index contributed by atoms with van der Waals surface area (Å²) in [7, 11) is 0. The number of nitrogens with two attached hydrogens (primary N) is 2. The minimum Gasteiger partial charge on any atom is -0.457 e. The van der Waals surface area contributed by atoms with Gasteiger partial charge in [0, 0.05) is 13.1 Å². The lowest BCUT2D eigenvalue weighted by Gasteiger charge is -2.17. The second-order valence-electron chi connectivity index (χ2n) is 6.30. The standard InChI is InChI=1S/C20H24N4O2.C3H8/c1-3-6-15(7-4-2)26-16-10-8-14(9-11-16)18(21)17(19(22)25)20-23-12-5-13-24-20;1-3-2/h3-4,6-11H,1,5,12-13,21H2,2H3,(H2,22,25)(H,23,24);3H2,1-2H3/b7-4-,15-6+,18-17-;. The van der Waals surface area contributed by atoms with Crippen LogP contribution in [0.15, 0.2) is 71.5 Å². The van der Waals surface area contributed by atoms with Crippen LogP contribution >= 0.6 is 0 Å². The van der Waals surface area contributed by atoms with Crippen LogP contribution < -0.4 is 21.5 Å². The van der Waals surface area contributed by atoms with E-state index in [0.29, 0.717) is 29.5 Å². The van der Waals surface area contributed by atoms with Crippen LogP contribution in [0.25, 0.3) is 5.70 Å². The van der Waals surface area contributed by atoms with Crippen molar-refractivity contribution in [1.29, 1.82) is 0 Å². The fourth-order valence-corrected chi connectivity index (χ4v) is 2.46. The fraction of sp³-hybridized carbons (Fsp3) is 0.304. The Morgan fingerprint density at radius 3 is 2.41 bits per heavy atom. The minimum atomic E-state index is -0.611. The molecule has 2 rings (SSSR count). The largest absolute Gasteiger partial charge is 0.457 e. The van der Waals surface area contributed by atoms with Gasteiger partial charge in [0.25, 0.3) is 5.91 Å². The predicted molar refractivity (Wildman–Crippen MR) is 121 cm³/mol. The molecule has 0 atom stereocenters. The monoisotopic (exact) mass is 396 g/mol. The predicted octanol–water partition coefficient (Wildman–Crippen LogP) is 3.67. The van der Waals surface area contributed by atoms with E-state index in [1.807, 2.05) is 19.1 Å². The van der Waals surface area contributed by atoms with Crippen LogP contribution in [-0.2, 0) is 4.79 Å². The van der Waals surface area contributed by atoms with Crippen molar-refractivity contribution in [3.8, 4) is 5.75 Å². The van der Waals surface area contributed by atoms with E-state index in [1.165, 1.54) is 6.42 Å². The van der Waals surface area contributed by atoms with Crippen LogP contribution in [0, 0.1) is 0 Å². The van der Waals surface area contributed by atoms with Crippen LogP contribution in [0.4, 0.5) is 0 Å². The van der Waals surface area contributed by atoms with Crippen molar-refractivity contribution >= 4 is 17.4 Å². The maximum absolute atomic E-state index is 11.9. The van der Waals surface area contributed by atoms with Gasteiger partial charge in [-0.2, -0.15) is 0 Å². The summed E-state index contributed by atoms with van der Waals surface area (Å²) in [6.45, 7) is 11.2. The number of nitrogens with zero attached hydrogens (tertiary/aromatic N) is 1. The molecule has 5 N–H and O–H groups in total. The molecule has 0 radical (unpaired) electrons. The number of amides is 1. The van der Waals surface area contributed by atoms with Gasteiger partial charge in [0.05, 0.1) is 5.70 Å². The maximum Gasteiger partial charge on any atom is 0.254 e. The van der Waals surface area contributed by atoms with Crippen molar-refractivity contribution in [2.24, 2.45) is 16.5 Å². The van der Waals surface area contributed by atoms with Gasteiger partial charge >= 0.3 is 0 Å². The number of nitrogens with one attached hydrogen (secondary N) is 1. The third-order valence-corrected chi connectivity index (χ3v) is 3.66. The number of aliphatic imine (C=N–C) groups is 1. The summed E-state index contributed by atoms with van der Waals surface area (Å²) in [6, 6.07) is 7.10. The molecule has 1 heterocycles. The molecule has 0 saturated carbocycles. The molecule has 0 spiro atoms. The molecule has 29 heavy (non-hydrogen) atoms. The average Bonchev–Trinajstić information content (AvgIpc) is 2.70. The van der Waals surface area contributed by atoms with E-state index in [1.54, 1.807) is 36.4 Å². The SMILES string of the molecule is C=C/C=C(\C=C/C)Oc1ccc(/C(N)=C(\C(N)=O)C2=NCCCN2)cc1.CCC. The Morgan fingerprint density at radius 2 is 1.93 bits per heavy atom. The second-order valence-corrected chi connectivity index (χ2v) is 6.30. The maximum atomic E-state index is 11.9. The third-order valence-electron chi connectivity index (χ3n) is 3.66. The first-order chi connectivity index (χ1) is 14.0. The number of carbonyl (C=O) groups is 1. The first kappa shape index (κ1) is 23.8. The first-order valence-electron chi connectivity index (χ1n) is 9.80. The minimum absolute atomic E-state index is 0.208. The van der Waals surface area contributed by atoms with E-state index in [0.717, 1.165) is 13.0 Å².